The molecule has 1 aliphatic rings. The highest BCUT2D eigenvalue weighted by Gasteiger charge is 2.23. The van der Waals surface area contributed by atoms with Crippen LogP contribution in [0.4, 0.5) is 4.79 Å². The van der Waals surface area contributed by atoms with Gasteiger partial charge < -0.3 is 4.74 Å². The van der Waals surface area contributed by atoms with E-state index in [1.165, 1.54) is 11.1 Å². The quantitative estimate of drug-likeness (QED) is 0.654. The summed E-state index contributed by atoms with van der Waals surface area (Å²) in [7, 11) is 0. The van der Waals surface area contributed by atoms with Crippen molar-refractivity contribution in [2.24, 2.45) is 9.98 Å². The van der Waals surface area contributed by atoms with E-state index in [1.807, 2.05) is 48.5 Å². The first-order valence-electron chi connectivity index (χ1n) is 8.73. The highest BCUT2D eigenvalue weighted by atomic mass is 16.5. The molecule has 3 rings (SSSR count). The maximum atomic E-state index is 11.9. The van der Waals surface area contributed by atoms with Gasteiger partial charge in [0.2, 0.25) is 5.91 Å². The van der Waals surface area contributed by atoms with Gasteiger partial charge in [0.1, 0.15) is 5.75 Å². The van der Waals surface area contributed by atoms with Crippen LogP contribution in [0, 0.1) is 0 Å². The fourth-order valence-corrected chi connectivity index (χ4v) is 2.69. The van der Waals surface area contributed by atoms with Gasteiger partial charge in [-0.1, -0.05) is 42.5 Å². The van der Waals surface area contributed by atoms with E-state index in [1.54, 1.807) is 13.0 Å². The van der Waals surface area contributed by atoms with Gasteiger partial charge in [0.05, 0.1) is 6.20 Å². The van der Waals surface area contributed by atoms with Gasteiger partial charge in [-0.05, 0) is 36.9 Å². The minimum Gasteiger partial charge on any atom is -0.424 e. The summed E-state index contributed by atoms with van der Waals surface area (Å²) in [5.41, 5.74) is 2.63. The normalized spacial score (nSPS) is 15.2. The van der Waals surface area contributed by atoms with Crippen molar-refractivity contribution in [2.75, 3.05) is 6.54 Å². The van der Waals surface area contributed by atoms with Crippen molar-refractivity contribution in [3.05, 3.63) is 66.5 Å². The molecule has 1 aliphatic heterocycles. The van der Waals surface area contributed by atoms with Crippen molar-refractivity contribution in [1.82, 2.24) is 10.2 Å². The molecule has 0 aliphatic carbocycles. The number of nitrogens with one attached hydrogen (secondary N) is 1. The lowest BCUT2D eigenvalue weighted by Gasteiger charge is -2.26. The monoisotopic (exact) mass is 376 g/mol. The van der Waals surface area contributed by atoms with E-state index >= 15 is 0 Å². The van der Waals surface area contributed by atoms with E-state index in [-0.39, 0.29) is 18.3 Å². The molecule has 3 amide bonds. The number of ether oxygens (including phenoxy) is 1. The average molecular weight is 376 g/mol. The number of amidine groups is 1. The molecule has 0 bridgehead atoms. The molecule has 2 aromatic rings. The maximum absolute atomic E-state index is 11.9. The highest BCUT2D eigenvalue weighted by Crippen LogP contribution is 2.23. The molecule has 1 heterocycles. The van der Waals surface area contributed by atoms with Crippen LogP contribution in [0.5, 0.6) is 5.75 Å². The van der Waals surface area contributed by atoms with Gasteiger partial charge in [0.15, 0.2) is 0 Å². The summed E-state index contributed by atoms with van der Waals surface area (Å²) in [6, 6.07) is 17.1. The van der Waals surface area contributed by atoms with Gasteiger partial charge in [-0.3, -0.25) is 15.0 Å². The molecule has 0 atom stereocenters. The molecule has 1 N–H and O–H groups in total. The van der Waals surface area contributed by atoms with Crippen LogP contribution >= 0.6 is 0 Å². The van der Waals surface area contributed by atoms with E-state index in [4.69, 9.17) is 4.74 Å². The molecule has 7 nitrogen and oxygen atoms in total. The average Bonchev–Trinajstić information content (AvgIpc) is 2.71. The molecular weight excluding hydrogens is 356 g/mol. The van der Waals surface area contributed by atoms with E-state index in [0.29, 0.717) is 18.0 Å². The van der Waals surface area contributed by atoms with Gasteiger partial charge in [-0.2, -0.15) is 0 Å². The van der Waals surface area contributed by atoms with Crippen LogP contribution in [0.3, 0.4) is 0 Å². The van der Waals surface area contributed by atoms with Crippen molar-refractivity contribution in [3.63, 3.8) is 0 Å². The largest absolute Gasteiger partial charge is 0.424 e. The Hall–Kier alpha value is -3.74. The van der Waals surface area contributed by atoms with Gasteiger partial charge in [0, 0.05) is 18.7 Å². The first-order chi connectivity index (χ1) is 13.6. The molecule has 0 spiro atoms. The van der Waals surface area contributed by atoms with Crippen LogP contribution in [0.1, 0.15) is 13.3 Å². The smallest absolute Gasteiger partial charge is 0.328 e. The summed E-state index contributed by atoms with van der Waals surface area (Å²) < 4.78 is 5.71. The standard InChI is InChI=1S/C21H20N4O3/c1-15(25-12-11-19(26)24-21(25)27)14-23-20(22-2)28-18-10-6-9-17(13-18)16-7-4-3-5-8-16/h3-10,13-14H,2,11-12H2,1H3,(H,24,26,27)/b15-14+,23-20?. The second kappa shape index (κ2) is 8.77. The predicted molar refractivity (Wildman–Crippen MR) is 108 cm³/mol. The molecule has 1 fully saturated rings. The number of amides is 3. The zero-order valence-electron chi connectivity index (χ0n) is 15.5. The first-order valence-corrected chi connectivity index (χ1v) is 8.73. The number of imide groups is 1. The number of benzene rings is 2. The fourth-order valence-electron chi connectivity index (χ4n) is 2.69. The van der Waals surface area contributed by atoms with E-state index < -0.39 is 6.03 Å². The van der Waals surface area contributed by atoms with Crippen molar-refractivity contribution in [1.29, 1.82) is 0 Å². The number of carbonyl (C=O) groups excluding carboxylic acids is 2. The van der Waals surface area contributed by atoms with Crippen molar-refractivity contribution in [3.8, 4) is 16.9 Å². The molecule has 7 heteroatoms. The number of aliphatic imine (C=N–C) groups is 2. The molecule has 0 aromatic heterocycles. The number of hydrogen-bond acceptors (Lipinski definition) is 4. The lowest BCUT2D eigenvalue weighted by Crippen LogP contribution is -2.48. The molecule has 2 aromatic carbocycles. The third-order valence-electron chi connectivity index (χ3n) is 4.13. The van der Waals surface area contributed by atoms with Gasteiger partial charge >= 0.3 is 12.1 Å². The number of hydrogen-bond donors (Lipinski definition) is 1. The Morgan fingerprint density at radius 3 is 2.61 bits per heavy atom. The summed E-state index contributed by atoms with van der Waals surface area (Å²) >= 11 is 0. The topological polar surface area (TPSA) is 83.4 Å². The first kappa shape index (κ1) is 19.0. The Labute approximate surface area is 163 Å². The zero-order valence-corrected chi connectivity index (χ0v) is 15.5. The molecule has 0 unspecified atom stereocenters. The highest BCUT2D eigenvalue weighted by molar-refractivity contribution is 5.97. The number of allylic oxidation sites excluding steroid dienone is 1. The Balaban J connectivity index is 1.74. The van der Waals surface area contributed by atoms with Crippen molar-refractivity contribution < 1.29 is 14.3 Å². The molecule has 28 heavy (non-hydrogen) atoms. The molecule has 0 radical (unpaired) electrons. The van der Waals surface area contributed by atoms with Crippen LogP contribution in [0.25, 0.3) is 11.1 Å². The Morgan fingerprint density at radius 2 is 1.89 bits per heavy atom. The minimum absolute atomic E-state index is 0.0538. The SMILES string of the molecule is C=NC(=N/C=C(\C)N1CCC(=O)NC1=O)Oc1cccc(-c2ccccc2)c1. The molecular formula is C21H20N4O3. The van der Waals surface area contributed by atoms with Gasteiger partial charge in [-0.25, -0.2) is 14.8 Å². The zero-order chi connectivity index (χ0) is 19.9. The molecule has 1 saturated heterocycles. The summed E-state index contributed by atoms with van der Waals surface area (Å²) in [5.74, 6) is 0.285. The Bertz CT molecular complexity index is 951. The van der Waals surface area contributed by atoms with Crippen LogP contribution in [-0.2, 0) is 4.79 Å². The second-order valence-electron chi connectivity index (χ2n) is 6.09. The van der Waals surface area contributed by atoms with E-state index in [2.05, 4.69) is 22.0 Å². The van der Waals surface area contributed by atoms with Gasteiger partial charge in [-0.15, -0.1) is 0 Å². The number of urea groups is 1. The fraction of sp³-hybridized carbons (Fsp3) is 0.143. The Morgan fingerprint density at radius 1 is 1.14 bits per heavy atom. The summed E-state index contributed by atoms with van der Waals surface area (Å²) in [4.78, 5) is 32.5. The summed E-state index contributed by atoms with van der Waals surface area (Å²) in [6.45, 7) is 5.50. The third kappa shape index (κ3) is 4.70. The second-order valence-corrected chi connectivity index (χ2v) is 6.09. The number of rotatable bonds is 4. The van der Waals surface area contributed by atoms with Crippen LogP contribution in [0.2, 0.25) is 0 Å². The molecule has 142 valence electrons. The lowest BCUT2D eigenvalue weighted by molar-refractivity contribution is -0.121. The van der Waals surface area contributed by atoms with Crippen LogP contribution < -0.4 is 10.1 Å². The number of carbonyl (C=O) groups is 2. The summed E-state index contributed by atoms with van der Waals surface area (Å²) in [6.07, 6.45) is 1.70. The van der Waals surface area contributed by atoms with Crippen molar-refractivity contribution >= 4 is 24.7 Å². The van der Waals surface area contributed by atoms with Gasteiger partial charge in [0.25, 0.3) is 0 Å². The van der Waals surface area contributed by atoms with Crippen LogP contribution in [0.15, 0.2) is 76.5 Å². The summed E-state index contributed by atoms with van der Waals surface area (Å²) in [5, 5.41) is 2.27. The lowest BCUT2D eigenvalue weighted by atomic mass is 10.1. The Kier molecular flexibility index (Phi) is 5.96. The minimum atomic E-state index is -0.468. The van der Waals surface area contributed by atoms with E-state index in [9.17, 15) is 9.59 Å². The predicted octanol–water partition coefficient (Wildman–Crippen LogP) is 3.59. The van der Waals surface area contributed by atoms with E-state index in [0.717, 1.165) is 11.1 Å². The number of nitrogens with zero attached hydrogens (tertiary/aromatic N) is 3. The third-order valence-corrected chi connectivity index (χ3v) is 4.13. The maximum Gasteiger partial charge on any atom is 0.328 e. The van der Waals surface area contributed by atoms with Crippen LogP contribution in [-0.4, -0.2) is 36.1 Å². The molecule has 0 saturated carbocycles. The van der Waals surface area contributed by atoms with Crippen molar-refractivity contribution in [2.45, 2.75) is 13.3 Å².